The third-order valence-corrected chi connectivity index (χ3v) is 4.29. The lowest BCUT2D eigenvalue weighted by Gasteiger charge is -2.22. The number of carbonyl (C=O) groups is 1. The molecule has 2 aromatic carbocycles. The molecule has 1 aliphatic heterocycles. The second kappa shape index (κ2) is 8.06. The van der Waals surface area contributed by atoms with Crippen LogP contribution in [0.5, 0.6) is 5.75 Å². The number of rotatable bonds is 4. The normalized spacial score (nSPS) is 13.8. The highest BCUT2D eigenvalue weighted by Gasteiger charge is 2.20. The standard InChI is InChI=1S/C19H22N2O2.ClH/c1-13(14-7-3-4-11-18(14)23-2)21-19(22)16-8-5-10-17-15(16)9-6-12-20-17;/h3-5,7-8,10-11,13,20H,6,9,12H2,1-2H3,(H,21,22);1H. The van der Waals surface area contributed by atoms with Gasteiger partial charge in [-0.1, -0.05) is 24.3 Å². The molecule has 1 atom stereocenters. The SMILES string of the molecule is COc1ccccc1C(C)NC(=O)c1cccc2c1CCCN2.Cl. The van der Waals surface area contributed by atoms with Crippen molar-refractivity contribution < 1.29 is 9.53 Å². The first kappa shape index (κ1) is 18.1. The molecule has 0 aliphatic carbocycles. The minimum absolute atomic E-state index is 0. The van der Waals surface area contributed by atoms with Gasteiger partial charge in [-0.25, -0.2) is 0 Å². The van der Waals surface area contributed by atoms with Crippen LogP contribution in [0.1, 0.15) is 40.9 Å². The third-order valence-electron chi connectivity index (χ3n) is 4.29. The first-order valence-corrected chi connectivity index (χ1v) is 8.00. The molecule has 5 heteroatoms. The van der Waals surface area contributed by atoms with Crippen molar-refractivity contribution >= 4 is 24.0 Å². The number of nitrogens with one attached hydrogen (secondary N) is 2. The lowest BCUT2D eigenvalue weighted by Crippen LogP contribution is -2.28. The monoisotopic (exact) mass is 346 g/mol. The van der Waals surface area contributed by atoms with E-state index >= 15 is 0 Å². The van der Waals surface area contributed by atoms with Crippen LogP contribution in [0.3, 0.4) is 0 Å². The molecule has 1 unspecified atom stereocenters. The zero-order chi connectivity index (χ0) is 16.2. The summed E-state index contributed by atoms with van der Waals surface area (Å²) in [4.78, 5) is 12.7. The summed E-state index contributed by atoms with van der Waals surface area (Å²) in [5.74, 6) is 0.751. The molecule has 0 spiro atoms. The van der Waals surface area contributed by atoms with Gasteiger partial charge in [-0.15, -0.1) is 12.4 Å². The van der Waals surface area contributed by atoms with E-state index in [1.807, 2.05) is 49.4 Å². The van der Waals surface area contributed by atoms with Crippen molar-refractivity contribution in [3.63, 3.8) is 0 Å². The van der Waals surface area contributed by atoms with Crippen molar-refractivity contribution in [3.05, 3.63) is 59.2 Å². The van der Waals surface area contributed by atoms with Crippen LogP contribution in [0.2, 0.25) is 0 Å². The van der Waals surface area contributed by atoms with E-state index in [0.29, 0.717) is 0 Å². The molecule has 0 saturated heterocycles. The second-order valence-electron chi connectivity index (χ2n) is 5.80. The largest absolute Gasteiger partial charge is 0.496 e. The summed E-state index contributed by atoms with van der Waals surface area (Å²) in [5, 5.41) is 6.45. The Hall–Kier alpha value is -2.20. The molecule has 24 heavy (non-hydrogen) atoms. The second-order valence-corrected chi connectivity index (χ2v) is 5.80. The molecule has 2 N–H and O–H groups in total. The number of ether oxygens (including phenoxy) is 1. The predicted molar refractivity (Wildman–Crippen MR) is 99.4 cm³/mol. The molecule has 0 radical (unpaired) electrons. The molecule has 0 aromatic heterocycles. The zero-order valence-corrected chi connectivity index (χ0v) is 14.8. The topological polar surface area (TPSA) is 50.4 Å². The zero-order valence-electron chi connectivity index (χ0n) is 14.0. The molecule has 2 aromatic rings. The van der Waals surface area contributed by atoms with Crippen LogP contribution >= 0.6 is 12.4 Å². The lowest BCUT2D eigenvalue weighted by atomic mass is 9.96. The first-order chi connectivity index (χ1) is 11.2. The van der Waals surface area contributed by atoms with E-state index in [9.17, 15) is 4.79 Å². The molecule has 1 heterocycles. The Bertz CT molecular complexity index is 718. The van der Waals surface area contributed by atoms with Gasteiger partial charge in [0.15, 0.2) is 0 Å². The van der Waals surface area contributed by atoms with Crippen LogP contribution in [-0.4, -0.2) is 19.6 Å². The molecule has 128 valence electrons. The van der Waals surface area contributed by atoms with Gasteiger partial charge in [0.05, 0.1) is 13.2 Å². The Labute approximate surface area is 149 Å². The van der Waals surface area contributed by atoms with Gasteiger partial charge in [0.1, 0.15) is 5.75 Å². The van der Waals surface area contributed by atoms with E-state index in [4.69, 9.17) is 4.74 Å². The van der Waals surface area contributed by atoms with E-state index in [1.165, 1.54) is 0 Å². The number of methoxy groups -OCH3 is 1. The highest BCUT2D eigenvalue weighted by molar-refractivity contribution is 5.97. The first-order valence-electron chi connectivity index (χ1n) is 8.00. The van der Waals surface area contributed by atoms with E-state index in [-0.39, 0.29) is 24.4 Å². The Morgan fingerprint density at radius 3 is 2.79 bits per heavy atom. The van der Waals surface area contributed by atoms with Gasteiger partial charge in [-0.2, -0.15) is 0 Å². The van der Waals surface area contributed by atoms with Crippen molar-refractivity contribution in [2.75, 3.05) is 19.0 Å². The summed E-state index contributed by atoms with van der Waals surface area (Å²) in [7, 11) is 1.65. The van der Waals surface area contributed by atoms with Crippen molar-refractivity contribution in [3.8, 4) is 5.75 Å². The summed E-state index contributed by atoms with van der Waals surface area (Å²) in [6.45, 7) is 2.94. The molecule has 0 saturated carbocycles. The minimum atomic E-state index is -0.119. The van der Waals surface area contributed by atoms with E-state index in [2.05, 4.69) is 10.6 Å². The van der Waals surface area contributed by atoms with E-state index in [0.717, 1.165) is 47.5 Å². The third kappa shape index (κ3) is 3.65. The van der Waals surface area contributed by atoms with Gasteiger partial charge in [0.2, 0.25) is 0 Å². The van der Waals surface area contributed by atoms with E-state index in [1.54, 1.807) is 7.11 Å². The molecule has 3 rings (SSSR count). The number of fused-ring (bicyclic) bond motifs is 1. The number of anilines is 1. The number of carbonyl (C=O) groups excluding carboxylic acids is 1. The molecule has 0 bridgehead atoms. The summed E-state index contributed by atoms with van der Waals surface area (Å²) in [6.07, 6.45) is 1.99. The molecule has 0 fully saturated rings. The van der Waals surface area contributed by atoms with Gasteiger partial charge < -0.3 is 15.4 Å². The summed E-state index contributed by atoms with van der Waals surface area (Å²) >= 11 is 0. The maximum absolute atomic E-state index is 12.7. The van der Waals surface area contributed by atoms with Crippen LogP contribution in [0, 0.1) is 0 Å². The Morgan fingerprint density at radius 2 is 2.00 bits per heavy atom. The van der Waals surface area contributed by atoms with Gasteiger partial charge >= 0.3 is 0 Å². The maximum Gasteiger partial charge on any atom is 0.252 e. The Balaban J connectivity index is 0.00000208. The quantitative estimate of drug-likeness (QED) is 0.880. The number of hydrogen-bond acceptors (Lipinski definition) is 3. The molecule has 4 nitrogen and oxygen atoms in total. The molecule has 1 amide bonds. The van der Waals surface area contributed by atoms with Crippen molar-refractivity contribution in [1.82, 2.24) is 5.32 Å². The van der Waals surface area contributed by atoms with Crippen LogP contribution in [0.4, 0.5) is 5.69 Å². The van der Waals surface area contributed by atoms with Crippen LogP contribution < -0.4 is 15.4 Å². The van der Waals surface area contributed by atoms with Gasteiger partial charge in [-0.05, 0) is 43.5 Å². The predicted octanol–water partition coefficient (Wildman–Crippen LogP) is 3.97. The number of hydrogen-bond donors (Lipinski definition) is 2. The summed E-state index contributed by atoms with van der Waals surface area (Å²) in [5.41, 5.74) is 3.93. The van der Waals surface area contributed by atoms with Crippen molar-refractivity contribution in [2.24, 2.45) is 0 Å². The lowest BCUT2D eigenvalue weighted by molar-refractivity contribution is 0.0938. The molecular weight excluding hydrogens is 324 g/mol. The molecular formula is C19H23ClN2O2. The Kier molecular flexibility index (Phi) is 6.10. The van der Waals surface area contributed by atoms with Crippen molar-refractivity contribution in [2.45, 2.75) is 25.8 Å². The average molecular weight is 347 g/mol. The fraction of sp³-hybridized carbons (Fsp3) is 0.316. The highest BCUT2D eigenvalue weighted by atomic mass is 35.5. The maximum atomic E-state index is 12.7. The van der Waals surface area contributed by atoms with Crippen LogP contribution in [-0.2, 0) is 6.42 Å². The van der Waals surface area contributed by atoms with Gasteiger partial charge in [0, 0.05) is 23.4 Å². The number of para-hydroxylation sites is 1. The van der Waals surface area contributed by atoms with Crippen molar-refractivity contribution in [1.29, 1.82) is 0 Å². The summed E-state index contributed by atoms with van der Waals surface area (Å²) in [6, 6.07) is 13.5. The minimum Gasteiger partial charge on any atom is -0.496 e. The number of halogens is 1. The van der Waals surface area contributed by atoms with Gasteiger partial charge in [-0.3, -0.25) is 4.79 Å². The smallest absolute Gasteiger partial charge is 0.252 e. The molecule has 1 aliphatic rings. The summed E-state index contributed by atoms with van der Waals surface area (Å²) < 4.78 is 5.38. The highest BCUT2D eigenvalue weighted by Crippen LogP contribution is 2.27. The van der Waals surface area contributed by atoms with Crippen LogP contribution in [0.25, 0.3) is 0 Å². The van der Waals surface area contributed by atoms with E-state index < -0.39 is 0 Å². The van der Waals surface area contributed by atoms with Gasteiger partial charge in [0.25, 0.3) is 5.91 Å². The number of benzene rings is 2. The van der Waals surface area contributed by atoms with Crippen LogP contribution in [0.15, 0.2) is 42.5 Å². The average Bonchev–Trinajstić information content (AvgIpc) is 2.61. The number of amides is 1. The fourth-order valence-corrected chi connectivity index (χ4v) is 3.10. The Morgan fingerprint density at radius 1 is 1.21 bits per heavy atom. The fourth-order valence-electron chi connectivity index (χ4n) is 3.10.